The van der Waals surface area contributed by atoms with Crippen LogP contribution in [0.25, 0.3) is 21.8 Å². The lowest BCUT2D eigenvalue weighted by molar-refractivity contribution is -0.696. The van der Waals surface area contributed by atoms with Gasteiger partial charge in [0.2, 0.25) is 0 Å². The van der Waals surface area contributed by atoms with Crippen LogP contribution in [0.2, 0.25) is 10.0 Å². The summed E-state index contributed by atoms with van der Waals surface area (Å²) in [4.78, 5) is 0. The third-order valence-electron chi connectivity index (χ3n) is 4.68. The lowest BCUT2D eigenvalue weighted by Gasteiger charge is -2.16. The van der Waals surface area contributed by atoms with E-state index in [1.54, 1.807) is 0 Å². The number of nitrogens with two attached hydrogens (primary N) is 1. The summed E-state index contributed by atoms with van der Waals surface area (Å²) in [6.45, 7) is 3.17. The van der Waals surface area contributed by atoms with Crippen LogP contribution in [0.4, 0.5) is 0 Å². The Hall–Kier alpha value is -1.30. The third-order valence-corrected chi connectivity index (χ3v) is 5.15. The van der Waals surface area contributed by atoms with Crippen LogP contribution in [-0.4, -0.2) is 40.1 Å². The number of benzene rings is 2. The zero-order chi connectivity index (χ0) is 18.0. The molecule has 6 heteroatoms. The first-order chi connectivity index (χ1) is 12.0. The van der Waals surface area contributed by atoms with Gasteiger partial charge in [-0.2, -0.15) is 0 Å². The fraction of sp³-hybridized carbons (Fsp3) is 0.368. The number of aliphatic hydroxyl groups excluding tert-OH is 2. The van der Waals surface area contributed by atoms with E-state index >= 15 is 0 Å². The number of rotatable bonds is 7. The molecule has 1 aromatic heterocycles. The van der Waals surface area contributed by atoms with E-state index in [0.29, 0.717) is 23.1 Å². The Morgan fingerprint density at radius 2 is 1.60 bits per heavy atom. The van der Waals surface area contributed by atoms with Crippen LogP contribution >= 0.6 is 23.2 Å². The number of aliphatic hydroxyl groups is 2. The summed E-state index contributed by atoms with van der Waals surface area (Å²) in [5, 5.41) is 25.2. The van der Waals surface area contributed by atoms with E-state index in [-0.39, 0.29) is 12.6 Å². The molecule has 2 atom stereocenters. The predicted molar refractivity (Wildman–Crippen MR) is 103 cm³/mol. The van der Waals surface area contributed by atoms with Crippen LogP contribution < -0.4 is 5.32 Å². The van der Waals surface area contributed by atoms with Crippen molar-refractivity contribution in [1.82, 2.24) is 4.57 Å². The van der Waals surface area contributed by atoms with Crippen LogP contribution in [-0.2, 0) is 6.54 Å². The van der Waals surface area contributed by atoms with E-state index in [1.165, 1.54) is 0 Å². The molecule has 4 nitrogen and oxygen atoms in total. The Morgan fingerprint density at radius 3 is 2.08 bits per heavy atom. The number of halogens is 2. The van der Waals surface area contributed by atoms with E-state index in [1.807, 2.05) is 48.6 Å². The van der Waals surface area contributed by atoms with E-state index < -0.39 is 6.10 Å². The monoisotopic (exact) mass is 381 g/mol. The first-order valence-corrected chi connectivity index (χ1v) is 9.28. The van der Waals surface area contributed by atoms with Gasteiger partial charge in [-0.25, -0.2) is 0 Å². The fourth-order valence-corrected chi connectivity index (χ4v) is 3.59. The van der Waals surface area contributed by atoms with Crippen molar-refractivity contribution in [3.8, 4) is 0 Å². The highest BCUT2D eigenvalue weighted by molar-refractivity contribution is 6.33. The molecule has 134 valence electrons. The van der Waals surface area contributed by atoms with Crippen molar-refractivity contribution >= 4 is 45.0 Å². The highest BCUT2D eigenvalue weighted by atomic mass is 35.5. The van der Waals surface area contributed by atoms with Crippen molar-refractivity contribution < 1.29 is 15.5 Å². The Balaban J connectivity index is 1.94. The molecular weight excluding hydrogens is 359 g/mol. The highest BCUT2D eigenvalue weighted by Crippen LogP contribution is 2.32. The molecule has 3 aromatic rings. The summed E-state index contributed by atoms with van der Waals surface area (Å²) in [5.41, 5.74) is 2.05. The van der Waals surface area contributed by atoms with Gasteiger partial charge in [0.15, 0.2) is 0 Å². The fourth-order valence-electron chi connectivity index (χ4n) is 3.25. The molecule has 25 heavy (non-hydrogen) atoms. The van der Waals surface area contributed by atoms with Gasteiger partial charge in [0, 0.05) is 31.9 Å². The number of quaternary nitrogens is 1. The normalized spacial score (nSPS) is 14.3. The Kier molecular flexibility index (Phi) is 5.87. The maximum atomic E-state index is 10.5. The molecule has 0 amide bonds. The third kappa shape index (κ3) is 3.94. The molecule has 1 heterocycles. The van der Waals surface area contributed by atoms with Gasteiger partial charge in [0.1, 0.15) is 18.7 Å². The number of hydrogen-bond acceptors (Lipinski definition) is 2. The van der Waals surface area contributed by atoms with Crippen molar-refractivity contribution in [2.24, 2.45) is 0 Å². The molecular formula is C19H23Cl2N2O2+. The molecule has 0 aliphatic carbocycles. The Morgan fingerprint density at radius 1 is 1.04 bits per heavy atom. The average molecular weight is 382 g/mol. The van der Waals surface area contributed by atoms with Gasteiger partial charge in [-0.15, -0.1) is 0 Å². The van der Waals surface area contributed by atoms with Gasteiger partial charge in [-0.3, -0.25) is 0 Å². The number of nitrogens with zero attached hydrogens (tertiary/aromatic N) is 1. The molecule has 0 unspecified atom stereocenters. The molecule has 0 saturated heterocycles. The smallest absolute Gasteiger partial charge is 0.121 e. The van der Waals surface area contributed by atoms with Crippen molar-refractivity contribution in [2.45, 2.75) is 32.0 Å². The Labute approximate surface area is 157 Å². The summed E-state index contributed by atoms with van der Waals surface area (Å²) < 4.78 is 2.11. The Bertz CT molecular complexity index is 815. The second-order valence-electron chi connectivity index (χ2n) is 6.41. The molecule has 0 aliphatic rings. The van der Waals surface area contributed by atoms with Gasteiger partial charge in [-0.1, -0.05) is 30.1 Å². The van der Waals surface area contributed by atoms with E-state index in [9.17, 15) is 10.2 Å². The average Bonchev–Trinajstić information content (AvgIpc) is 2.88. The predicted octanol–water partition coefficient (Wildman–Crippen LogP) is 2.80. The van der Waals surface area contributed by atoms with Gasteiger partial charge in [0.05, 0.1) is 13.2 Å². The summed E-state index contributed by atoms with van der Waals surface area (Å²) in [7, 11) is 0. The van der Waals surface area contributed by atoms with Crippen LogP contribution in [0.3, 0.4) is 0 Å². The van der Waals surface area contributed by atoms with Crippen molar-refractivity contribution in [2.75, 3.05) is 13.2 Å². The quantitative estimate of drug-likeness (QED) is 0.589. The number of aromatic nitrogens is 1. The van der Waals surface area contributed by atoms with Gasteiger partial charge in [-0.05, 0) is 42.8 Å². The second-order valence-corrected chi connectivity index (χ2v) is 7.28. The second kappa shape index (κ2) is 7.94. The van der Waals surface area contributed by atoms with Crippen molar-refractivity contribution in [1.29, 1.82) is 0 Å². The van der Waals surface area contributed by atoms with Crippen molar-refractivity contribution in [3.63, 3.8) is 0 Å². The maximum Gasteiger partial charge on any atom is 0.121 e. The summed E-state index contributed by atoms with van der Waals surface area (Å²) in [6.07, 6.45) is 0.348. The van der Waals surface area contributed by atoms with E-state index in [4.69, 9.17) is 23.2 Å². The number of fused-ring (bicyclic) bond motifs is 3. The van der Waals surface area contributed by atoms with E-state index in [0.717, 1.165) is 28.2 Å². The molecule has 0 spiro atoms. The lowest BCUT2D eigenvalue weighted by atomic mass is 10.1. The minimum absolute atomic E-state index is 0.121. The van der Waals surface area contributed by atoms with Crippen LogP contribution in [0.15, 0.2) is 36.4 Å². The SMILES string of the molecule is CC[C@@H](CO)[NH2+]C[C@@H](O)Cn1c2ccc(Cl)cc2c2cc(Cl)ccc21. The summed E-state index contributed by atoms with van der Waals surface area (Å²) >= 11 is 12.3. The lowest BCUT2D eigenvalue weighted by Crippen LogP contribution is -2.92. The molecule has 0 saturated carbocycles. The largest absolute Gasteiger partial charge is 0.390 e. The molecule has 4 N–H and O–H groups in total. The van der Waals surface area contributed by atoms with Crippen LogP contribution in [0.1, 0.15) is 13.3 Å². The molecule has 0 radical (unpaired) electrons. The first kappa shape index (κ1) is 18.5. The minimum Gasteiger partial charge on any atom is -0.390 e. The van der Waals surface area contributed by atoms with Crippen LogP contribution in [0, 0.1) is 0 Å². The minimum atomic E-state index is -0.522. The molecule has 2 aromatic carbocycles. The van der Waals surface area contributed by atoms with Crippen molar-refractivity contribution in [3.05, 3.63) is 46.4 Å². The topological polar surface area (TPSA) is 62.0 Å². The summed E-state index contributed by atoms with van der Waals surface area (Å²) in [5.74, 6) is 0. The van der Waals surface area contributed by atoms with Crippen LogP contribution in [0.5, 0.6) is 0 Å². The molecule has 0 bridgehead atoms. The highest BCUT2D eigenvalue weighted by Gasteiger charge is 2.17. The first-order valence-electron chi connectivity index (χ1n) is 8.52. The standard InChI is InChI=1S/C19H22Cl2N2O2/c1-2-14(11-24)22-9-15(25)10-23-18-5-3-12(20)7-16(18)17-8-13(21)4-6-19(17)23/h3-8,14-15,22,24-25H,2,9-11H2,1H3/p+1/t14-,15+/m0/s1. The van der Waals surface area contributed by atoms with Gasteiger partial charge in [0.25, 0.3) is 0 Å². The molecule has 0 fully saturated rings. The maximum absolute atomic E-state index is 10.5. The summed E-state index contributed by atoms with van der Waals surface area (Å²) in [6, 6.07) is 11.7. The zero-order valence-corrected chi connectivity index (χ0v) is 15.6. The van der Waals surface area contributed by atoms with E-state index in [2.05, 4.69) is 4.57 Å². The number of hydrogen-bond donors (Lipinski definition) is 3. The van der Waals surface area contributed by atoms with Gasteiger partial charge >= 0.3 is 0 Å². The molecule has 0 aliphatic heterocycles. The molecule has 3 rings (SSSR count). The van der Waals surface area contributed by atoms with Gasteiger partial charge < -0.3 is 20.1 Å². The zero-order valence-electron chi connectivity index (χ0n) is 14.1.